The lowest BCUT2D eigenvalue weighted by Gasteiger charge is -2.28. The molecule has 8 heteroatoms. The molecule has 2 aliphatic carbocycles. The van der Waals surface area contributed by atoms with E-state index >= 15 is 0 Å². The summed E-state index contributed by atoms with van der Waals surface area (Å²) in [6.07, 6.45) is 4.27. The summed E-state index contributed by atoms with van der Waals surface area (Å²) >= 11 is 1.51. The Morgan fingerprint density at radius 3 is 2.77 bits per heavy atom. The number of nitrogens with one attached hydrogen (secondary N) is 1. The van der Waals surface area contributed by atoms with Gasteiger partial charge in [-0.2, -0.15) is 0 Å². The number of aromatic nitrogens is 2. The summed E-state index contributed by atoms with van der Waals surface area (Å²) < 4.78 is 32.8. The van der Waals surface area contributed by atoms with E-state index in [1.54, 1.807) is 24.4 Å². The van der Waals surface area contributed by atoms with Crippen LogP contribution in [0.25, 0.3) is 11.1 Å². The molecule has 0 saturated heterocycles. The topological polar surface area (TPSA) is 67.3 Å². The Morgan fingerprint density at radius 1 is 1.16 bits per heavy atom. The minimum absolute atomic E-state index is 0.0278. The quantitative estimate of drug-likeness (QED) is 0.476. The number of ether oxygens (including phenoxy) is 1. The van der Waals surface area contributed by atoms with E-state index in [1.807, 2.05) is 0 Å². The maximum Gasteiger partial charge on any atom is 0.263 e. The first-order valence-electron chi connectivity index (χ1n) is 10.6. The molecule has 2 heterocycles. The van der Waals surface area contributed by atoms with Gasteiger partial charge in [0, 0.05) is 22.2 Å². The first-order valence-corrected chi connectivity index (χ1v) is 11.4. The van der Waals surface area contributed by atoms with Crippen molar-refractivity contribution in [2.75, 3.05) is 5.32 Å². The molecule has 162 valence electrons. The highest BCUT2D eigenvalue weighted by atomic mass is 32.1. The number of halogens is 2. The predicted molar refractivity (Wildman–Crippen MR) is 116 cm³/mol. The Balaban J connectivity index is 1.53. The Labute approximate surface area is 183 Å². The van der Waals surface area contributed by atoms with Crippen molar-refractivity contribution >= 4 is 22.3 Å². The molecule has 2 N–H and O–H groups in total. The fraction of sp³-hybridized carbons (Fsp3) is 0.391. The zero-order valence-electron chi connectivity index (χ0n) is 16.9. The molecule has 2 aliphatic rings. The zero-order chi connectivity index (χ0) is 21.4. The third-order valence-electron chi connectivity index (χ3n) is 5.84. The van der Waals surface area contributed by atoms with Crippen LogP contribution in [0.1, 0.15) is 60.8 Å². The van der Waals surface area contributed by atoms with E-state index in [9.17, 15) is 13.9 Å². The fourth-order valence-corrected chi connectivity index (χ4v) is 4.99. The Kier molecular flexibility index (Phi) is 5.58. The Morgan fingerprint density at radius 2 is 2.03 bits per heavy atom. The van der Waals surface area contributed by atoms with Gasteiger partial charge in [0.25, 0.3) is 6.43 Å². The second-order valence-electron chi connectivity index (χ2n) is 7.99. The number of alkyl halides is 2. The molecule has 1 saturated carbocycles. The normalized spacial score (nSPS) is 18.5. The molecule has 1 aromatic carbocycles. The highest BCUT2D eigenvalue weighted by Crippen LogP contribution is 2.42. The van der Waals surface area contributed by atoms with Crippen LogP contribution in [0.15, 0.2) is 36.5 Å². The average molecular weight is 444 g/mol. The summed E-state index contributed by atoms with van der Waals surface area (Å²) in [7, 11) is 0. The van der Waals surface area contributed by atoms with E-state index in [0.29, 0.717) is 27.8 Å². The zero-order valence-corrected chi connectivity index (χ0v) is 17.7. The molecule has 2 aromatic heterocycles. The molecular formula is C23H23F2N3O2S. The van der Waals surface area contributed by atoms with E-state index in [1.165, 1.54) is 23.5 Å². The molecule has 0 aliphatic heterocycles. The van der Waals surface area contributed by atoms with E-state index in [0.717, 1.165) is 49.1 Å². The number of aliphatic hydroxyl groups excluding tert-OH is 1. The van der Waals surface area contributed by atoms with Gasteiger partial charge in [0.1, 0.15) is 0 Å². The number of hydrogen-bond acceptors (Lipinski definition) is 6. The van der Waals surface area contributed by atoms with E-state index in [-0.39, 0.29) is 11.7 Å². The molecule has 1 fully saturated rings. The van der Waals surface area contributed by atoms with Crippen molar-refractivity contribution in [3.63, 3.8) is 0 Å². The third-order valence-corrected chi connectivity index (χ3v) is 6.89. The summed E-state index contributed by atoms with van der Waals surface area (Å²) in [5, 5.41) is 14.1. The number of aryl methyl sites for hydroxylation is 1. The highest BCUT2D eigenvalue weighted by Gasteiger charge is 2.26. The van der Waals surface area contributed by atoms with Gasteiger partial charge >= 0.3 is 0 Å². The van der Waals surface area contributed by atoms with Crippen LogP contribution in [-0.2, 0) is 6.42 Å². The summed E-state index contributed by atoms with van der Waals surface area (Å²) in [5.41, 5.74) is 2.08. The van der Waals surface area contributed by atoms with Crippen molar-refractivity contribution < 1.29 is 18.6 Å². The minimum Gasteiger partial charge on any atom is -0.486 e. The number of hydrogen-bond donors (Lipinski definition) is 2. The van der Waals surface area contributed by atoms with Crippen LogP contribution >= 0.6 is 11.3 Å². The molecule has 0 radical (unpaired) electrons. The van der Waals surface area contributed by atoms with Gasteiger partial charge in [-0.25, -0.2) is 18.7 Å². The van der Waals surface area contributed by atoms with Gasteiger partial charge in [0.15, 0.2) is 16.7 Å². The highest BCUT2D eigenvalue weighted by molar-refractivity contribution is 7.15. The number of aliphatic hydroxyl groups is 1. The fourth-order valence-electron chi connectivity index (χ4n) is 3.93. The number of fused-ring (bicyclic) bond motifs is 1. The van der Waals surface area contributed by atoms with Gasteiger partial charge < -0.3 is 15.2 Å². The van der Waals surface area contributed by atoms with Crippen molar-refractivity contribution in [3.05, 3.63) is 52.7 Å². The maximum atomic E-state index is 13.3. The van der Waals surface area contributed by atoms with Crippen LogP contribution in [-0.4, -0.2) is 21.2 Å². The molecule has 0 bridgehead atoms. The SMILES string of the molecule is OC1CCCc2sc(Nc3nccc(-c4cccc(C(F)F)c4)c3OC3CCC3)nc21. The molecule has 3 aromatic rings. The number of nitrogens with zero attached hydrogens (tertiary/aromatic N) is 2. The second-order valence-corrected chi connectivity index (χ2v) is 9.08. The molecule has 1 unspecified atom stereocenters. The predicted octanol–water partition coefficient (Wildman–Crippen LogP) is 6.19. The lowest BCUT2D eigenvalue weighted by atomic mass is 9.96. The van der Waals surface area contributed by atoms with Crippen LogP contribution in [0.4, 0.5) is 19.7 Å². The van der Waals surface area contributed by atoms with E-state index in [2.05, 4.69) is 15.3 Å². The number of benzene rings is 1. The molecule has 5 rings (SSSR count). The number of rotatable bonds is 6. The van der Waals surface area contributed by atoms with Gasteiger partial charge in [0.05, 0.1) is 17.9 Å². The van der Waals surface area contributed by atoms with Crippen molar-refractivity contribution in [1.29, 1.82) is 0 Å². The summed E-state index contributed by atoms with van der Waals surface area (Å²) in [6.45, 7) is 0. The maximum absolute atomic E-state index is 13.3. The molecular weight excluding hydrogens is 420 g/mol. The van der Waals surface area contributed by atoms with Crippen LogP contribution in [0.3, 0.4) is 0 Å². The number of pyridine rings is 1. The molecule has 0 amide bonds. The third kappa shape index (κ3) is 4.14. The second kappa shape index (κ2) is 8.51. The van der Waals surface area contributed by atoms with E-state index in [4.69, 9.17) is 4.74 Å². The lowest BCUT2D eigenvalue weighted by Crippen LogP contribution is -2.25. The minimum atomic E-state index is -2.54. The van der Waals surface area contributed by atoms with E-state index < -0.39 is 12.5 Å². The average Bonchev–Trinajstić information content (AvgIpc) is 3.15. The largest absolute Gasteiger partial charge is 0.486 e. The Bertz CT molecular complexity index is 1080. The standard InChI is InChI=1S/C23H23F2N3O2S/c24-21(25)14-5-1-4-13(12-14)16-10-11-26-22(20(16)30-15-6-2-7-15)28-23-27-19-17(29)8-3-9-18(19)31-23/h1,4-5,10-12,15,17,21,29H,2-3,6-9H2,(H,26,27,28). The smallest absolute Gasteiger partial charge is 0.263 e. The van der Waals surface area contributed by atoms with Gasteiger partial charge in [-0.3, -0.25) is 0 Å². The summed E-state index contributed by atoms with van der Waals surface area (Å²) in [6, 6.07) is 8.15. The molecule has 0 spiro atoms. The molecule has 5 nitrogen and oxygen atoms in total. The van der Waals surface area contributed by atoms with Gasteiger partial charge in [-0.1, -0.05) is 18.2 Å². The first-order chi connectivity index (χ1) is 15.1. The lowest BCUT2D eigenvalue weighted by molar-refractivity contribution is 0.121. The van der Waals surface area contributed by atoms with Crippen LogP contribution < -0.4 is 10.1 Å². The van der Waals surface area contributed by atoms with Gasteiger partial charge in [0.2, 0.25) is 0 Å². The first kappa shape index (κ1) is 20.3. The summed E-state index contributed by atoms with van der Waals surface area (Å²) in [5.74, 6) is 1.06. The van der Waals surface area contributed by atoms with Crippen molar-refractivity contribution in [1.82, 2.24) is 9.97 Å². The van der Waals surface area contributed by atoms with Crippen molar-refractivity contribution in [2.24, 2.45) is 0 Å². The van der Waals surface area contributed by atoms with Gasteiger partial charge in [-0.15, -0.1) is 11.3 Å². The van der Waals surface area contributed by atoms with Crippen molar-refractivity contribution in [3.8, 4) is 16.9 Å². The van der Waals surface area contributed by atoms with Crippen molar-refractivity contribution in [2.45, 2.75) is 57.2 Å². The monoisotopic (exact) mass is 443 g/mol. The number of thiazole rings is 1. The van der Waals surface area contributed by atoms with Crippen LogP contribution in [0, 0.1) is 0 Å². The molecule has 1 atom stereocenters. The number of anilines is 2. The molecule has 31 heavy (non-hydrogen) atoms. The van der Waals surface area contributed by atoms with Gasteiger partial charge in [-0.05, 0) is 56.2 Å². The Hall–Kier alpha value is -2.58. The van der Waals surface area contributed by atoms with Crippen LogP contribution in [0.2, 0.25) is 0 Å². The summed E-state index contributed by atoms with van der Waals surface area (Å²) in [4.78, 5) is 10.1. The van der Waals surface area contributed by atoms with Crippen LogP contribution in [0.5, 0.6) is 5.75 Å².